The summed E-state index contributed by atoms with van der Waals surface area (Å²) >= 11 is 0. The molecule has 1 aromatic carbocycles. The zero-order valence-corrected chi connectivity index (χ0v) is 9.37. The van der Waals surface area contributed by atoms with E-state index in [0.29, 0.717) is 12.0 Å². The number of carbonyl (C=O) groups is 1. The van der Waals surface area contributed by atoms with Crippen LogP contribution in [-0.2, 0) is 11.8 Å². The van der Waals surface area contributed by atoms with Gasteiger partial charge in [-0.15, -0.1) is 0 Å². The van der Waals surface area contributed by atoms with E-state index in [4.69, 9.17) is 5.26 Å². The van der Waals surface area contributed by atoms with Crippen molar-refractivity contribution < 1.29 is 4.79 Å². The Hall–Kier alpha value is -1.62. The highest BCUT2D eigenvalue weighted by Crippen LogP contribution is 2.24. The molecule has 0 aliphatic carbocycles. The summed E-state index contributed by atoms with van der Waals surface area (Å²) in [6.07, 6.45) is 1.11. The molecule has 0 unspecified atom stereocenters. The average molecular weight is 201 g/mol. The third-order valence-corrected chi connectivity index (χ3v) is 2.41. The molecule has 0 fully saturated rings. The van der Waals surface area contributed by atoms with Crippen molar-refractivity contribution in [1.82, 2.24) is 0 Å². The zero-order chi connectivity index (χ0) is 11.5. The summed E-state index contributed by atoms with van der Waals surface area (Å²) in [6.45, 7) is 6.29. The lowest BCUT2D eigenvalue weighted by molar-refractivity contribution is 0.112. The maximum atomic E-state index is 10.9. The van der Waals surface area contributed by atoms with Crippen molar-refractivity contribution in [3.63, 3.8) is 0 Å². The van der Waals surface area contributed by atoms with E-state index < -0.39 is 0 Å². The number of hydrogen-bond acceptors (Lipinski definition) is 2. The number of aldehydes is 1. The largest absolute Gasteiger partial charge is 0.298 e. The Kier molecular flexibility index (Phi) is 3.26. The molecule has 1 rings (SSSR count). The van der Waals surface area contributed by atoms with E-state index >= 15 is 0 Å². The molecule has 2 heteroatoms. The lowest BCUT2D eigenvalue weighted by Crippen LogP contribution is -2.12. The molecule has 0 bridgehead atoms. The van der Waals surface area contributed by atoms with Crippen LogP contribution in [0, 0.1) is 11.3 Å². The molecular weight excluding hydrogens is 186 g/mol. The van der Waals surface area contributed by atoms with Gasteiger partial charge in [0.2, 0.25) is 0 Å². The summed E-state index contributed by atoms with van der Waals surface area (Å²) in [5.74, 6) is 0. The highest BCUT2D eigenvalue weighted by atomic mass is 16.1. The lowest BCUT2D eigenvalue weighted by atomic mass is 9.85. The van der Waals surface area contributed by atoms with Crippen molar-refractivity contribution in [1.29, 1.82) is 5.26 Å². The van der Waals surface area contributed by atoms with Crippen LogP contribution in [0.1, 0.15) is 42.3 Å². The van der Waals surface area contributed by atoms with Crippen molar-refractivity contribution in [2.45, 2.75) is 32.6 Å². The monoisotopic (exact) mass is 201 g/mol. The van der Waals surface area contributed by atoms with Crippen molar-refractivity contribution in [2.75, 3.05) is 0 Å². The molecular formula is C13H15NO. The van der Waals surface area contributed by atoms with Gasteiger partial charge in [-0.05, 0) is 22.6 Å². The second kappa shape index (κ2) is 4.27. The number of nitriles is 1. The fourth-order valence-corrected chi connectivity index (χ4v) is 1.42. The van der Waals surface area contributed by atoms with E-state index in [1.807, 2.05) is 18.2 Å². The van der Waals surface area contributed by atoms with E-state index in [-0.39, 0.29) is 5.41 Å². The highest BCUT2D eigenvalue weighted by Gasteiger charge is 2.15. The lowest BCUT2D eigenvalue weighted by Gasteiger charge is -2.19. The van der Waals surface area contributed by atoms with E-state index in [9.17, 15) is 4.79 Å². The summed E-state index contributed by atoms with van der Waals surface area (Å²) in [6, 6.07) is 7.79. The van der Waals surface area contributed by atoms with Crippen molar-refractivity contribution in [3.8, 4) is 6.07 Å². The average Bonchev–Trinajstić information content (AvgIpc) is 2.17. The second-order valence-electron chi connectivity index (χ2n) is 4.62. The molecule has 0 aliphatic heterocycles. The van der Waals surface area contributed by atoms with Gasteiger partial charge in [0.15, 0.2) is 0 Å². The topological polar surface area (TPSA) is 40.9 Å². The summed E-state index contributed by atoms with van der Waals surface area (Å²) in [4.78, 5) is 10.9. The SMILES string of the molecule is CC(C)(C)c1ccc(CC#N)c(C=O)c1. The van der Waals surface area contributed by atoms with Crippen molar-refractivity contribution in [3.05, 3.63) is 34.9 Å². The summed E-state index contributed by atoms with van der Waals surface area (Å²) in [5, 5.41) is 8.60. The van der Waals surface area contributed by atoms with E-state index in [1.165, 1.54) is 0 Å². The Morgan fingerprint density at radius 1 is 1.40 bits per heavy atom. The first-order chi connectivity index (χ1) is 6.99. The molecule has 15 heavy (non-hydrogen) atoms. The van der Waals surface area contributed by atoms with Crippen molar-refractivity contribution >= 4 is 6.29 Å². The standard InChI is InChI=1S/C13H15NO/c1-13(2,3)12-5-4-10(6-7-14)11(8-12)9-15/h4-5,8-9H,6H2,1-3H3. The molecule has 0 heterocycles. The molecule has 0 aliphatic rings. The van der Waals surface area contributed by atoms with Gasteiger partial charge < -0.3 is 0 Å². The summed E-state index contributed by atoms with van der Waals surface area (Å²) < 4.78 is 0. The molecule has 0 spiro atoms. The molecule has 1 aromatic rings. The quantitative estimate of drug-likeness (QED) is 0.690. The van der Waals surface area contributed by atoms with Crippen LogP contribution in [0.2, 0.25) is 0 Å². The molecule has 0 N–H and O–H groups in total. The Labute approximate surface area is 90.5 Å². The van der Waals surface area contributed by atoms with Gasteiger partial charge in [-0.2, -0.15) is 5.26 Å². The molecule has 0 radical (unpaired) electrons. The van der Waals surface area contributed by atoms with Crippen LogP contribution >= 0.6 is 0 Å². The summed E-state index contributed by atoms with van der Waals surface area (Å²) in [5.41, 5.74) is 2.58. The van der Waals surface area contributed by atoms with Crippen LogP contribution in [-0.4, -0.2) is 6.29 Å². The van der Waals surface area contributed by atoms with Crippen molar-refractivity contribution in [2.24, 2.45) is 0 Å². The van der Waals surface area contributed by atoms with E-state index in [1.54, 1.807) is 0 Å². The molecule has 0 amide bonds. The number of benzene rings is 1. The normalized spacial score (nSPS) is 10.8. The van der Waals surface area contributed by atoms with E-state index in [0.717, 1.165) is 17.4 Å². The van der Waals surface area contributed by atoms with Crippen LogP contribution in [0.5, 0.6) is 0 Å². The van der Waals surface area contributed by atoms with Gasteiger partial charge in [0.25, 0.3) is 0 Å². The minimum absolute atomic E-state index is 0.0307. The first kappa shape index (κ1) is 11.5. The summed E-state index contributed by atoms with van der Waals surface area (Å²) in [7, 11) is 0. The number of rotatable bonds is 2. The van der Waals surface area contributed by atoms with Crippen LogP contribution in [0.4, 0.5) is 0 Å². The molecule has 0 saturated carbocycles. The Morgan fingerprint density at radius 3 is 2.53 bits per heavy atom. The zero-order valence-electron chi connectivity index (χ0n) is 9.37. The fraction of sp³-hybridized carbons (Fsp3) is 0.385. The Bertz CT molecular complexity index is 408. The first-order valence-corrected chi connectivity index (χ1v) is 4.94. The van der Waals surface area contributed by atoms with Gasteiger partial charge in [0.1, 0.15) is 6.29 Å². The number of nitrogens with zero attached hydrogens (tertiary/aromatic N) is 1. The highest BCUT2D eigenvalue weighted by molar-refractivity contribution is 5.78. The fourth-order valence-electron chi connectivity index (χ4n) is 1.42. The van der Waals surface area contributed by atoms with Crippen LogP contribution < -0.4 is 0 Å². The van der Waals surface area contributed by atoms with Gasteiger partial charge in [-0.3, -0.25) is 4.79 Å². The molecule has 0 saturated heterocycles. The van der Waals surface area contributed by atoms with Gasteiger partial charge in [0.05, 0.1) is 12.5 Å². The van der Waals surface area contributed by atoms with Gasteiger partial charge in [-0.1, -0.05) is 32.9 Å². The minimum Gasteiger partial charge on any atom is -0.298 e. The second-order valence-corrected chi connectivity index (χ2v) is 4.62. The minimum atomic E-state index is 0.0307. The third kappa shape index (κ3) is 2.66. The van der Waals surface area contributed by atoms with Gasteiger partial charge in [-0.25, -0.2) is 0 Å². The van der Waals surface area contributed by atoms with Gasteiger partial charge >= 0.3 is 0 Å². The smallest absolute Gasteiger partial charge is 0.150 e. The molecule has 78 valence electrons. The predicted molar refractivity (Wildman–Crippen MR) is 59.8 cm³/mol. The predicted octanol–water partition coefficient (Wildman–Crippen LogP) is 2.86. The van der Waals surface area contributed by atoms with Crippen LogP contribution in [0.25, 0.3) is 0 Å². The number of carbonyl (C=O) groups excluding carboxylic acids is 1. The Balaban J connectivity index is 3.20. The van der Waals surface area contributed by atoms with Crippen LogP contribution in [0.3, 0.4) is 0 Å². The molecule has 0 atom stereocenters. The van der Waals surface area contributed by atoms with E-state index in [2.05, 4.69) is 26.8 Å². The Morgan fingerprint density at radius 2 is 2.07 bits per heavy atom. The van der Waals surface area contributed by atoms with Crippen LogP contribution in [0.15, 0.2) is 18.2 Å². The van der Waals surface area contributed by atoms with Gasteiger partial charge in [0, 0.05) is 5.56 Å². The maximum absolute atomic E-state index is 10.9. The number of hydrogen-bond donors (Lipinski definition) is 0. The third-order valence-electron chi connectivity index (χ3n) is 2.41. The maximum Gasteiger partial charge on any atom is 0.150 e. The molecule has 2 nitrogen and oxygen atoms in total. The molecule has 0 aromatic heterocycles. The first-order valence-electron chi connectivity index (χ1n) is 4.94.